The molecule has 0 saturated heterocycles. The first-order valence-electron chi connectivity index (χ1n) is 14.0. The van der Waals surface area contributed by atoms with E-state index in [4.69, 9.17) is 0 Å². The van der Waals surface area contributed by atoms with Gasteiger partial charge in [-0.25, -0.2) is 0 Å². The van der Waals surface area contributed by atoms with E-state index >= 15 is 0 Å². The Bertz CT molecular complexity index is 1720. The fraction of sp³-hybridized carbons (Fsp3) is 0.189. The molecule has 0 unspecified atom stereocenters. The molecule has 0 saturated carbocycles. The minimum Gasteiger partial charge on any atom is -1.00 e. The van der Waals surface area contributed by atoms with Crippen LogP contribution in [-0.4, -0.2) is 13.5 Å². The summed E-state index contributed by atoms with van der Waals surface area (Å²) in [7, 11) is -1.24. The number of aryl methyl sites for hydroxylation is 2. The van der Waals surface area contributed by atoms with E-state index in [-0.39, 0.29) is 30.2 Å². The fourth-order valence-corrected chi connectivity index (χ4v) is 6.16. The van der Waals surface area contributed by atoms with Crippen LogP contribution in [0.1, 0.15) is 11.1 Å². The van der Waals surface area contributed by atoms with Gasteiger partial charge in [-0.1, -0.05) is 117 Å². The zero-order chi connectivity index (χ0) is 28.9. The summed E-state index contributed by atoms with van der Waals surface area (Å²) in [5.74, 6) is 0. The third kappa shape index (κ3) is 9.25. The Morgan fingerprint density at radius 2 is 1.14 bits per heavy atom. The zero-order valence-corrected chi connectivity index (χ0v) is 31.7. The van der Waals surface area contributed by atoms with Gasteiger partial charge in [0.2, 0.25) is 0 Å². The van der Waals surface area contributed by atoms with Gasteiger partial charge in [-0.3, -0.25) is 0 Å². The SMILES string of the molecule is C[Si](C)(C)c1cc2c(-c3ccccc3)cccc2[cH-]1.C[Si](C)=[Zr+2].Cc1cc2c(-c3ccccc3)ccc(C)c2[cH-]1.[Cl-].[Cl-]. The second-order valence-corrected chi connectivity index (χ2v) is 26.3. The molecule has 5 heteroatoms. The van der Waals surface area contributed by atoms with Gasteiger partial charge in [-0.15, -0.1) is 68.2 Å². The average Bonchev–Trinajstić information content (AvgIpc) is 3.54. The summed E-state index contributed by atoms with van der Waals surface area (Å²) in [5.41, 5.74) is 8.19. The standard InChI is InChI=1S/C18H19Si.C17H15.C2H6Si.2ClH.Zr/c1-19(2,3)16-12-15-10-7-11-17(18(15)13-16)14-8-5-4-6-9-14;1-12-10-16-13(2)8-9-15(17(16)11-12)14-6-4-3-5-7-14;1-3-2;;;/h4-13H,1-3H3;3-11H,1-2H3;1-2H3;2*1H;/q2*-1;;;;+2/p-2. The summed E-state index contributed by atoms with van der Waals surface area (Å²) >= 11 is 1.74. The van der Waals surface area contributed by atoms with E-state index in [9.17, 15) is 0 Å². The van der Waals surface area contributed by atoms with Crippen LogP contribution in [0.15, 0.2) is 115 Å². The number of rotatable bonds is 3. The molecule has 0 aromatic heterocycles. The van der Waals surface area contributed by atoms with E-state index in [1.165, 1.54) is 54.9 Å². The molecular weight excluding hydrogens is 663 g/mol. The summed E-state index contributed by atoms with van der Waals surface area (Å²) in [6.45, 7) is 16.2. The van der Waals surface area contributed by atoms with Crippen LogP contribution < -0.4 is 30.0 Å². The van der Waals surface area contributed by atoms with E-state index in [1.807, 2.05) is 0 Å². The van der Waals surface area contributed by atoms with E-state index < -0.39 is 8.07 Å². The van der Waals surface area contributed by atoms with Crippen molar-refractivity contribution in [2.75, 3.05) is 0 Å². The summed E-state index contributed by atoms with van der Waals surface area (Å²) in [6, 6.07) is 41.7. The third-order valence-corrected chi connectivity index (χ3v) is 9.06. The van der Waals surface area contributed by atoms with Crippen LogP contribution in [0.25, 0.3) is 43.8 Å². The van der Waals surface area contributed by atoms with Crippen molar-refractivity contribution in [2.24, 2.45) is 0 Å². The molecule has 0 nitrogen and oxygen atoms in total. The van der Waals surface area contributed by atoms with Crippen LogP contribution in [0, 0.1) is 13.8 Å². The van der Waals surface area contributed by atoms with Crippen LogP contribution in [0.5, 0.6) is 0 Å². The summed E-state index contributed by atoms with van der Waals surface area (Å²) < 4.78 is 0. The largest absolute Gasteiger partial charge is 1.00 e. The molecule has 6 aromatic rings. The van der Waals surface area contributed by atoms with Crippen molar-refractivity contribution < 1.29 is 48.1 Å². The first-order chi connectivity index (χ1) is 19.0. The molecule has 0 spiro atoms. The Labute approximate surface area is 281 Å². The molecule has 42 heavy (non-hydrogen) atoms. The van der Waals surface area contributed by atoms with Crippen molar-refractivity contribution in [3.63, 3.8) is 0 Å². The predicted octanol–water partition coefficient (Wildman–Crippen LogP) is 4.41. The quantitative estimate of drug-likeness (QED) is 0.190. The normalized spacial score (nSPS) is 10.5. The third-order valence-electron chi connectivity index (χ3n) is 7.04. The molecule has 0 aliphatic heterocycles. The number of fused-ring (bicyclic) bond motifs is 2. The Balaban J connectivity index is 0.000000251. The van der Waals surface area contributed by atoms with Crippen LogP contribution in [-0.2, 0) is 23.3 Å². The first kappa shape index (κ1) is 36.2. The van der Waals surface area contributed by atoms with Gasteiger partial charge in [-0.05, 0) is 11.1 Å². The van der Waals surface area contributed by atoms with E-state index in [1.54, 1.807) is 28.5 Å². The molecule has 0 fully saturated rings. The molecule has 0 radical (unpaired) electrons. The van der Waals surface area contributed by atoms with E-state index in [0.29, 0.717) is 0 Å². The molecule has 0 atom stereocenters. The van der Waals surface area contributed by atoms with Crippen molar-refractivity contribution in [1.82, 2.24) is 0 Å². The molecule has 0 heterocycles. The van der Waals surface area contributed by atoms with Crippen LogP contribution in [0.2, 0.25) is 32.7 Å². The molecule has 0 bridgehead atoms. The molecule has 216 valence electrons. The van der Waals surface area contributed by atoms with Crippen LogP contribution in [0.4, 0.5) is 0 Å². The maximum absolute atomic E-state index is 2.41. The first-order valence-corrected chi connectivity index (χ1v) is 23.7. The monoisotopic (exact) mass is 700 g/mol. The van der Waals surface area contributed by atoms with Gasteiger partial charge in [0, 0.05) is 0 Å². The van der Waals surface area contributed by atoms with E-state index in [0.717, 1.165) is 0 Å². The second kappa shape index (κ2) is 16.2. The fourth-order valence-electron chi connectivity index (χ4n) is 5.00. The minimum atomic E-state index is -1.24. The second-order valence-electron chi connectivity index (χ2n) is 11.8. The van der Waals surface area contributed by atoms with Gasteiger partial charge in [0.05, 0.1) is 8.07 Å². The van der Waals surface area contributed by atoms with Crippen LogP contribution >= 0.6 is 0 Å². The van der Waals surface area contributed by atoms with Crippen molar-refractivity contribution in [3.8, 4) is 22.3 Å². The summed E-state index contributed by atoms with van der Waals surface area (Å²) in [5, 5.41) is 7.06. The Morgan fingerprint density at radius 1 is 0.619 bits per heavy atom. The van der Waals surface area contributed by atoms with Gasteiger partial charge < -0.3 is 24.8 Å². The predicted molar refractivity (Wildman–Crippen MR) is 180 cm³/mol. The smallest absolute Gasteiger partial charge is 0.0279 e. The zero-order valence-electron chi connectivity index (χ0n) is 25.7. The molecule has 0 amide bonds. The summed E-state index contributed by atoms with van der Waals surface area (Å²) in [4.78, 5) is 0. The molecule has 0 N–H and O–H groups in total. The maximum atomic E-state index is 2.41. The van der Waals surface area contributed by atoms with E-state index in [2.05, 4.69) is 162 Å². The van der Waals surface area contributed by atoms with Crippen molar-refractivity contribution in [1.29, 1.82) is 0 Å². The molecule has 0 aliphatic rings. The Hall–Kier alpha value is -2.00. The maximum Gasteiger partial charge on any atom is -0.0279 e. The number of hydrogen-bond donors (Lipinski definition) is 0. The van der Waals surface area contributed by atoms with Crippen molar-refractivity contribution in [2.45, 2.75) is 46.6 Å². The molecule has 6 rings (SSSR count). The van der Waals surface area contributed by atoms with Gasteiger partial charge in [-0.2, -0.15) is 12.1 Å². The number of hydrogen-bond acceptors (Lipinski definition) is 0. The number of halogens is 2. The van der Waals surface area contributed by atoms with Crippen molar-refractivity contribution >= 4 is 40.2 Å². The molecule has 0 aliphatic carbocycles. The van der Waals surface area contributed by atoms with Gasteiger partial charge >= 0.3 is 41.9 Å². The molecule has 6 aromatic carbocycles. The topological polar surface area (TPSA) is 0 Å². The molecular formula is C37H40Cl2Si2Zr-2. The van der Waals surface area contributed by atoms with Crippen LogP contribution in [0.3, 0.4) is 0 Å². The minimum absolute atomic E-state index is 0. The van der Waals surface area contributed by atoms with Gasteiger partial charge in [0.15, 0.2) is 0 Å². The average molecular weight is 703 g/mol. The Morgan fingerprint density at radius 3 is 1.67 bits per heavy atom. The van der Waals surface area contributed by atoms with Gasteiger partial charge in [0.25, 0.3) is 0 Å². The van der Waals surface area contributed by atoms with Crippen molar-refractivity contribution in [3.05, 3.63) is 126 Å². The Kier molecular flexibility index (Phi) is 13.9. The summed E-state index contributed by atoms with van der Waals surface area (Å²) in [6.07, 6.45) is 0. The number of benzene rings is 4. The van der Waals surface area contributed by atoms with Gasteiger partial charge in [0.1, 0.15) is 0 Å².